The molecular weight excluding hydrogens is 370 g/mol. The summed E-state index contributed by atoms with van der Waals surface area (Å²) in [6.07, 6.45) is 2.00. The van der Waals surface area contributed by atoms with Gasteiger partial charge in [0.25, 0.3) is 5.91 Å². The van der Waals surface area contributed by atoms with Gasteiger partial charge < -0.3 is 19.6 Å². The van der Waals surface area contributed by atoms with Crippen LogP contribution in [0.1, 0.15) is 35.1 Å². The molecule has 3 unspecified atom stereocenters. The highest BCUT2D eigenvalue weighted by atomic mass is 16.5. The molecule has 0 spiro atoms. The van der Waals surface area contributed by atoms with Crippen molar-refractivity contribution in [3.63, 3.8) is 0 Å². The third-order valence-corrected chi connectivity index (χ3v) is 5.39. The van der Waals surface area contributed by atoms with Gasteiger partial charge in [-0.3, -0.25) is 4.79 Å². The van der Waals surface area contributed by atoms with E-state index in [1.165, 1.54) is 0 Å². The predicted molar refractivity (Wildman–Crippen MR) is 108 cm³/mol. The number of rotatable bonds is 5. The Balaban J connectivity index is 1.52. The molecule has 3 atom stereocenters. The fourth-order valence-electron chi connectivity index (χ4n) is 4.24. The number of piperidine rings is 1. The van der Waals surface area contributed by atoms with Crippen LogP contribution in [-0.2, 0) is 0 Å². The number of aliphatic hydroxyl groups is 1. The number of carbonyl (C=O) groups excluding carboxylic acids is 1. The van der Waals surface area contributed by atoms with Crippen LogP contribution in [0.15, 0.2) is 24.4 Å². The Hall–Kier alpha value is -2.74. The lowest BCUT2D eigenvalue weighted by Gasteiger charge is -2.33. The first kappa shape index (κ1) is 19.6. The number of hydrogen-bond acceptors (Lipinski definition) is 7. The van der Waals surface area contributed by atoms with E-state index in [1.807, 2.05) is 24.8 Å². The topological polar surface area (TPSA) is 91.7 Å². The fraction of sp³-hybridized carbons (Fsp3) is 0.524. The predicted octanol–water partition coefficient (Wildman–Crippen LogP) is 1.60. The number of hydrogen-bond donors (Lipinski definition) is 1. The molecule has 2 fully saturated rings. The number of aromatic nitrogens is 3. The molecule has 4 rings (SSSR count). The second-order valence-corrected chi connectivity index (χ2v) is 8.08. The Morgan fingerprint density at radius 2 is 2.03 bits per heavy atom. The summed E-state index contributed by atoms with van der Waals surface area (Å²) < 4.78 is 5.56. The van der Waals surface area contributed by atoms with Gasteiger partial charge in [0.1, 0.15) is 12.2 Å². The lowest BCUT2D eigenvalue weighted by atomic mass is 9.99. The van der Waals surface area contributed by atoms with Crippen LogP contribution in [0.4, 0.5) is 5.95 Å². The minimum atomic E-state index is -0.628. The number of likely N-dealkylation sites (tertiary alicyclic amines) is 1. The quantitative estimate of drug-likeness (QED) is 0.819. The first-order valence-corrected chi connectivity index (χ1v) is 10.0. The molecule has 2 aromatic heterocycles. The average molecular weight is 397 g/mol. The number of fused-ring (bicyclic) bond motifs is 2. The van der Waals surface area contributed by atoms with Crippen LogP contribution < -0.4 is 9.64 Å². The van der Waals surface area contributed by atoms with E-state index < -0.39 is 6.10 Å². The highest BCUT2D eigenvalue weighted by molar-refractivity contribution is 5.96. The second-order valence-electron chi connectivity index (χ2n) is 8.08. The van der Waals surface area contributed by atoms with Crippen molar-refractivity contribution in [3.05, 3.63) is 41.3 Å². The van der Waals surface area contributed by atoms with E-state index in [4.69, 9.17) is 4.74 Å². The molecule has 2 bridgehead atoms. The van der Waals surface area contributed by atoms with E-state index in [0.29, 0.717) is 24.6 Å². The number of aliphatic hydroxyl groups excluding tert-OH is 1. The van der Waals surface area contributed by atoms with Crippen molar-refractivity contribution in [1.29, 1.82) is 0 Å². The summed E-state index contributed by atoms with van der Waals surface area (Å²) in [4.78, 5) is 30.8. The Bertz CT molecular complexity index is 883. The van der Waals surface area contributed by atoms with Crippen molar-refractivity contribution in [2.45, 2.75) is 39.3 Å². The van der Waals surface area contributed by atoms with Gasteiger partial charge in [-0.15, -0.1) is 0 Å². The van der Waals surface area contributed by atoms with Crippen molar-refractivity contribution in [3.8, 4) is 5.88 Å². The van der Waals surface area contributed by atoms with E-state index >= 15 is 0 Å². The third-order valence-electron chi connectivity index (χ3n) is 5.39. The molecule has 2 saturated heterocycles. The maximum absolute atomic E-state index is 13.2. The second kappa shape index (κ2) is 7.94. The molecule has 0 radical (unpaired) electrons. The average Bonchev–Trinajstić information content (AvgIpc) is 2.99. The highest BCUT2D eigenvalue weighted by Crippen LogP contribution is 2.33. The number of ether oxygens (including phenoxy) is 1. The Morgan fingerprint density at radius 1 is 1.28 bits per heavy atom. The summed E-state index contributed by atoms with van der Waals surface area (Å²) in [5.41, 5.74) is 2.35. The molecule has 8 nitrogen and oxygen atoms in total. The number of nitrogens with zero attached hydrogens (tertiary/aromatic N) is 5. The number of carbonyl (C=O) groups is 1. The van der Waals surface area contributed by atoms with E-state index in [0.717, 1.165) is 30.3 Å². The lowest BCUT2D eigenvalue weighted by Crippen LogP contribution is -2.45. The first-order valence-electron chi connectivity index (χ1n) is 10.0. The SMILES string of the molecule is Cc1cc(C)nc(N2CC3CC2CN(C(=O)c2cccnc2OCC(C)O)C3)n1. The summed E-state index contributed by atoms with van der Waals surface area (Å²) in [7, 11) is 0. The van der Waals surface area contributed by atoms with Crippen LogP contribution >= 0.6 is 0 Å². The number of anilines is 1. The molecular formula is C21H27N5O3. The molecule has 29 heavy (non-hydrogen) atoms. The molecule has 0 saturated carbocycles. The van der Waals surface area contributed by atoms with Crippen molar-refractivity contribution in [2.75, 3.05) is 31.1 Å². The zero-order valence-electron chi connectivity index (χ0n) is 17.1. The van der Waals surface area contributed by atoms with Crippen LogP contribution in [0.3, 0.4) is 0 Å². The van der Waals surface area contributed by atoms with Crippen LogP contribution in [-0.4, -0.2) is 69.3 Å². The van der Waals surface area contributed by atoms with Crippen LogP contribution in [0.2, 0.25) is 0 Å². The summed E-state index contributed by atoms with van der Waals surface area (Å²) in [6, 6.07) is 5.64. The van der Waals surface area contributed by atoms with E-state index in [9.17, 15) is 9.90 Å². The molecule has 0 aromatic carbocycles. The molecule has 8 heteroatoms. The maximum Gasteiger partial charge on any atom is 0.259 e. The molecule has 2 aromatic rings. The van der Waals surface area contributed by atoms with Gasteiger partial charge >= 0.3 is 0 Å². The number of pyridine rings is 1. The fourth-order valence-corrected chi connectivity index (χ4v) is 4.24. The molecule has 4 heterocycles. The molecule has 2 aliphatic heterocycles. The molecule has 154 valence electrons. The van der Waals surface area contributed by atoms with Crippen LogP contribution in [0.25, 0.3) is 0 Å². The van der Waals surface area contributed by atoms with Gasteiger partial charge in [0, 0.05) is 43.3 Å². The van der Waals surface area contributed by atoms with E-state index in [1.54, 1.807) is 25.3 Å². The normalized spacial score (nSPS) is 21.9. The largest absolute Gasteiger partial charge is 0.474 e. The monoisotopic (exact) mass is 397 g/mol. The van der Waals surface area contributed by atoms with Gasteiger partial charge in [0.15, 0.2) is 0 Å². The smallest absolute Gasteiger partial charge is 0.259 e. The van der Waals surface area contributed by atoms with Crippen molar-refractivity contribution >= 4 is 11.9 Å². The van der Waals surface area contributed by atoms with Gasteiger partial charge in [-0.05, 0) is 51.3 Å². The van der Waals surface area contributed by atoms with E-state index in [-0.39, 0.29) is 24.4 Å². The minimum absolute atomic E-state index is 0.0865. The molecule has 0 aliphatic carbocycles. The summed E-state index contributed by atoms with van der Waals surface area (Å²) in [6.45, 7) is 7.87. The maximum atomic E-state index is 13.2. The van der Waals surface area contributed by atoms with Gasteiger partial charge in [-0.2, -0.15) is 0 Å². The standard InChI is InChI=1S/C21H27N5O3/c1-13-7-14(2)24-21(23-13)26-10-16-8-17(26)11-25(9-16)20(28)18-5-4-6-22-19(18)29-12-15(3)27/h4-7,15-17,27H,8-12H2,1-3H3. The van der Waals surface area contributed by atoms with Crippen LogP contribution in [0, 0.1) is 19.8 Å². The van der Waals surface area contributed by atoms with Crippen LogP contribution in [0.5, 0.6) is 5.88 Å². The van der Waals surface area contributed by atoms with Gasteiger partial charge in [-0.25, -0.2) is 15.0 Å². The molecule has 2 aliphatic rings. The Kier molecular flexibility index (Phi) is 5.36. The van der Waals surface area contributed by atoms with Gasteiger partial charge in [-0.1, -0.05) is 0 Å². The number of aryl methyl sites for hydroxylation is 2. The van der Waals surface area contributed by atoms with Gasteiger partial charge in [0.05, 0.1) is 6.10 Å². The summed E-state index contributed by atoms with van der Waals surface area (Å²) in [5.74, 6) is 1.33. The zero-order chi connectivity index (χ0) is 20.5. The minimum Gasteiger partial charge on any atom is -0.474 e. The number of amides is 1. The molecule has 1 amide bonds. The van der Waals surface area contributed by atoms with Crippen molar-refractivity contribution in [1.82, 2.24) is 19.9 Å². The highest BCUT2D eigenvalue weighted by Gasteiger charge is 2.41. The van der Waals surface area contributed by atoms with E-state index in [2.05, 4.69) is 19.9 Å². The molecule has 1 N–H and O–H groups in total. The van der Waals surface area contributed by atoms with Gasteiger partial charge in [0.2, 0.25) is 11.8 Å². The zero-order valence-corrected chi connectivity index (χ0v) is 17.1. The lowest BCUT2D eigenvalue weighted by molar-refractivity contribution is 0.0681. The first-order chi connectivity index (χ1) is 13.9. The summed E-state index contributed by atoms with van der Waals surface area (Å²) in [5, 5.41) is 9.48. The summed E-state index contributed by atoms with van der Waals surface area (Å²) >= 11 is 0. The van der Waals surface area contributed by atoms with Crippen molar-refractivity contribution < 1.29 is 14.6 Å². The third kappa shape index (κ3) is 4.17. The van der Waals surface area contributed by atoms with Crippen molar-refractivity contribution in [2.24, 2.45) is 5.92 Å². The Morgan fingerprint density at radius 3 is 2.76 bits per heavy atom. The Labute approximate surface area is 170 Å².